The lowest BCUT2D eigenvalue weighted by molar-refractivity contribution is 0.0612. The molecule has 4 heteroatoms. The molecule has 4 rings (SSSR count). The van der Waals surface area contributed by atoms with Gasteiger partial charge >= 0.3 is 6.09 Å². The molecule has 2 atom stereocenters. The number of amides is 1. The maximum absolute atomic E-state index is 12.7. The summed E-state index contributed by atoms with van der Waals surface area (Å²) in [5.41, 5.74) is 9.96. The zero-order chi connectivity index (χ0) is 18.6. The zero-order valence-corrected chi connectivity index (χ0v) is 15.7. The summed E-state index contributed by atoms with van der Waals surface area (Å²) >= 11 is 0. The predicted octanol–water partition coefficient (Wildman–Crippen LogP) is 4.38. The second-order valence-electron chi connectivity index (χ2n) is 7.77. The van der Waals surface area contributed by atoms with E-state index in [0.717, 1.165) is 38.5 Å². The lowest BCUT2D eigenvalue weighted by Crippen LogP contribution is -2.45. The van der Waals surface area contributed by atoms with E-state index in [9.17, 15) is 4.79 Å². The summed E-state index contributed by atoms with van der Waals surface area (Å²) in [6.45, 7) is 0.690. The van der Waals surface area contributed by atoms with E-state index in [4.69, 9.17) is 10.5 Å². The molecule has 2 fully saturated rings. The highest BCUT2D eigenvalue weighted by atomic mass is 16.6. The molecule has 2 N–H and O–H groups in total. The van der Waals surface area contributed by atoms with Crippen molar-refractivity contribution in [2.75, 3.05) is 6.54 Å². The minimum absolute atomic E-state index is 0.00140. The number of nitrogens with zero attached hydrogens (tertiary/aromatic N) is 1. The highest BCUT2D eigenvalue weighted by Crippen LogP contribution is 2.27. The van der Waals surface area contributed by atoms with Gasteiger partial charge in [0.15, 0.2) is 0 Å². The summed E-state index contributed by atoms with van der Waals surface area (Å²) in [5.74, 6) is 0. The third kappa shape index (κ3) is 4.16. The summed E-state index contributed by atoms with van der Waals surface area (Å²) in [6, 6.07) is 18.9. The molecule has 0 radical (unpaired) electrons. The molecular formula is C23H28N2O2. The van der Waals surface area contributed by atoms with Gasteiger partial charge < -0.3 is 15.4 Å². The van der Waals surface area contributed by atoms with Gasteiger partial charge in [-0.15, -0.1) is 0 Å². The molecule has 2 aliphatic rings. The molecule has 0 bridgehead atoms. The average molecular weight is 364 g/mol. The van der Waals surface area contributed by atoms with Crippen molar-refractivity contribution in [3.05, 3.63) is 60.2 Å². The van der Waals surface area contributed by atoms with Crippen molar-refractivity contribution in [2.24, 2.45) is 5.73 Å². The van der Waals surface area contributed by atoms with Gasteiger partial charge in [-0.05, 0) is 55.2 Å². The first kappa shape index (κ1) is 18.1. The Morgan fingerprint density at radius 3 is 2.52 bits per heavy atom. The number of nitrogens with two attached hydrogens (primary N) is 1. The smallest absolute Gasteiger partial charge is 0.410 e. The van der Waals surface area contributed by atoms with Crippen LogP contribution in [0.15, 0.2) is 54.6 Å². The van der Waals surface area contributed by atoms with Gasteiger partial charge in [0.25, 0.3) is 0 Å². The lowest BCUT2D eigenvalue weighted by atomic mass is 9.97. The monoisotopic (exact) mass is 364 g/mol. The molecular weight excluding hydrogens is 336 g/mol. The van der Waals surface area contributed by atoms with Gasteiger partial charge in [0.1, 0.15) is 6.10 Å². The molecule has 2 aromatic rings. The first-order valence-corrected chi connectivity index (χ1v) is 10.1. The topological polar surface area (TPSA) is 55.6 Å². The van der Waals surface area contributed by atoms with Gasteiger partial charge in [-0.1, -0.05) is 54.6 Å². The predicted molar refractivity (Wildman–Crippen MR) is 107 cm³/mol. The van der Waals surface area contributed by atoms with Crippen molar-refractivity contribution in [2.45, 2.75) is 56.7 Å². The van der Waals surface area contributed by atoms with Crippen molar-refractivity contribution in [3.8, 4) is 11.1 Å². The number of carbonyl (C=O) groups is 1. The molecule has 1 saturated heterocycles. The van der Waals surface area contributed by atoms with Crippen LogP contribution in [0.4, 0.5) is 4.79 Å². The maximum Gasteiger partial charge on any atom is 0.410 e. The van der Waals surface area contributed by atoms with Gasteiger partial charge in [-0.3, -0.25) is 0 Å². The Labute approximate surface area is 161 Å². The molecule has 1 heterocycles. The van der Waals surface area contributed by atoms with Crippen LogP contribution in [-0.4, -0.2) is 35.7 Å². The van der Waals surface area contributed by atoms with E-state index in [1.54, 1.807) is 0 Å². The largest absolute Gasteiger partial charge is 0.446 e. The van der Waals surface area contributed by atoms with E-state index in [2.05, 4.69) is 48.5 Å². The van der Waals surface area contributed by atoms with Crippen LogP contribution in [0.3, 0.4) is 0 Å². The van der Waals surface area contributed by atoms with E-state index < -0.39 is 0 Å². The fourth-order valence-electron chi connectivity index (χ4n) is 4.33. The summed E-state index contributed by atoms with van der Waals surface area (Å²) < 4.78 is 5.74. The number of ether oxygens (including phenoxy) is 1. The van der Waals surface area contributed by atoms with Gasteiger partial charge in [-0.2, -0.15) is 0 Å². The van der Waals surface area contributed by atoms with E-state index >= 15 is 0 Å². The molecule has 1 saturated carbocycles. The van der Waals surface area contributed by atoms with Crippen LogP contribution in [-0.2, 0) is 11.2 Å². The summed E-state index contributed by atoms with van der Waals surface area (Å²) in [6.07, 6.45) is 5.82. The normalized spacial score (nSPS) is 22.9. The SMILES string of the molecule is NC1CCN(C(=O)OC2CCCC2)C1Cc1cccc(-c2ccccc2)c1. The van der Waals surface area contributed by atoms with Crippen molar-refractivity contribution in [1.29, 1.82) is 0 Å². The maximum atomic E-state index is 12.7. The number of hydrogen-bond donors (Lipinski definition) is 1. The second kappa shape index (κ2) is 8.13. The molecule has 4 nitrogen and oxygen atoms in total. The average Bonchev–Trinajstić information content (AvgIpc) is 3.33. The molecule has 1 aliphatic heterocycles. The van der Waals surface area contributed by atoms with Crippen LogP contribution in [0.5, 0.6) is 0 Å². The Balaban J connectivity index is 1.47. The Morgan fingerprint density at radius 2 is 1.74 bits per heavy atom. The minimum atomic E-state index is -0.181. The van der Waals surface area contributed by atoms with Crippen molar-refractivity contribution in [1.82, 2.24) is 4.90 Å². The Morgan fingerprint density at radius 1 is 1.00 bits per heavy atom. The zero-order valence-electron chi connectivity index (χ0n) is 15.7. The van der Waals surface area contributed by atoms with Gasteiger partial charge in [0.05, 0.1) is 6.04 Å². The minimum Gasteiger partial charge on any atom is -0.446 e. The molecule has 1 amide bonds. The van der Waals surface area contributed by atoms with E-state index in [1.807, 2.05) is 11.0 Å². The van der Waals surface area contributed by atoms with Crippen LogP contribution >= 0.6 is 0 Å². The third-order valence-electron chi connectivity index (χ3n) is 5.88. The number of rotatable bonds is 4. The summed E-state index contributed by atoms with van der Waals surface area (Å²) in [7, 11) is 0. The quantitative estimate of drug-likeness (QED) is 0.876. The highest BCUT2D eigenvalue weighted by Gasteiger charge is 2.37. The van der Waals surface area contributed by atoms with Crippen molar-refractivity contribution < 1.29 is 9.53 Å². The Bertz CT molecular complexity index is 771. The van der Waals surface area contributed by atoms with Crippen LogP contribution < -0.4 is 5.73 Å². The first-order valence-electron chi connectivity index (χ1n) is 10.1. The molecule has 2 aromatic carbocycles. The molecule has 0 aromatic heterocycles. The van der Waals surface area contributed by atoms with Crippen molar-refractivity contribution in [3.63, 3.8) is 0 Å². The van der Waals surface area contributed by atoms with Crippen LogP contribution in [0.1, 0.15) is 37.7 Å². The Hall–Kier alpha value is -2.33. The molecule has 2 unspecified atom stereocenters. The number of hydrogen-bond acceptors (Lipinski definition) is 3. The van der Waals surface area contributed by atoms with Gasteiger partial charge in [0.2, 0.25) is 0 Å². The fourth-order valence-corrected chi connectivity index (χ4v) is 4.33. The molecule has 1 aliphatic carbocycles. The van der Waals surface area contributed by atoms with E-state index in [0.29, 0.717) is 6.54 Å². The summed E-state index contributed by atoms with van der Waals surface area (Å²) in [4.78, 5) is 14.5. The molecule has 142 valence electrons. The lowest BCUT2D eigenvalue weighted by Gasteiger charge is -2.27. The number of carbonyl (C=O) groups excluding carboxylic acids is 1. The Kier molecular flexibility index (Phi) is 5.44. The van der Waals surface area contributed by atoms with Crippen LogP contribution in [0.2, 0.25) is 0 Å². The molecule has 27 heavy (non-hydrogen) atoms. The fraction of sp³-hybridized carbons (Fsp3) is 0.435. The standard InChI is InChI=1S/C23H28N2O2/c24-21-13-14-25(23(26)27-20-11-4-5-12-20)22(21)16-17-7-6-10-19(15-17)18-8-2-1-3-9-18/h1-3,6-10,15,20-22H,4-5,11-14,16,24H2. The number of likely N-dealkylation sites (tertiary alicyclic amines) is 1. The van der Waals surface area contributed by atoms with Crippen LogP contribution in [0.25, 0.3) is 11.1 Å². The van der Waals surface area contributed by atoms with E-state index in [-0.39, 0.29) is 24.3 Å². The summed E-state index contributed by atoms with van der Waals surface area (Å²) in [5, 5.41) is 0. The van der Waals surface area contributed by atoms with Gasteiger partial charge in [0, 0.05) is 12.6 Å². The van der Waals surface area contributed by atoms with Gasteiger partial charge in [-0.25, -0.2) is 4.79 Å². The third-order valence-corrected chi connectivity index (χ3v) is 5.88. The molecule has 0 spiro atoms. The van der Waals surface area contributed by atoms with E-state index in [1.165, 1.54) is 16.7 Å². The highest BCUT2D eigenvalue weighted by molar-refractivity contribution is 5.69. The second-order valence-corrected chi connectivity index (χ2v) is 7.77. The number of benzene rings is 2. The van der Waals surface area contributed by atoms with Crippen molar-refractivity contribution >= 4 is 6.09 Å². The first-order chi connectivity index (χ1) is 13.2. The van der Waals surface area contributed by atoms with Crippen LogP contribution in [0, 0.1) is 0 Å².